The minimum Gasteiger partial charge on any atom is -0.466 e. The quantitative estimate of drug-likeness (QED) is 0.187. The van der Waals surface area contributed by atoms with Crippen LogP contribution >= 0.6 is 23.2 Å². The number of hydrogen-bond acceptors (Lipinski definition) is 8. The van der Waals surface area contributed by atoms with Crippen molar-refractivity contribution in [1.29, 1.82) is 0 Å². The van der Waals surface area contributed by atoms with Crippen molar-refractivity contribution in [1.82, 2.24) is 9.97 Å². The number of esters is 2. The number of methoxy groups -OCH3 is 2. The number of halogens is 2. The Balaban J connectivity index is 0.000000211. The van der Waals surface area contributed by atoms with Gasteiger partial charge in [0.05, 0.1) is 36.4 Å². The van der Waals surface area contributed by atoms with Crippen LogP contribution < -0.4 is 0 Å². The lowest BCUT2D eigenvalue weighted by molar-refractivity contribution is -0.138. The van der Waals surface area contributed by atoms with Gasteiger partial charge in [-0.05, 0) is 24.3 Å². The standard InChI is InChI=1S/2C14H12ClNO3/c2*1-8(14(18)19-2)12(17)10-7-9-5-3-4-6-11(9)16-13(10)15/h2*3-7,12,17H,1H2,2H3/t2*12-/m10/s1. The van der Waals surface area contributed by atoms with Gasteiger partial charge in [-0.25, -0.2) is 19.6 Å². The third-order valence-electron chi connectivity index (χ3n) is 5.55. The summed E-state index contributed by atoms with van der Waals surface area (Å²) in [6.45, 7) is 7.02. The van der Waals surface area contributed by atoms with Crippen molar-refractivity contribution in [3.05, 3.63) is 106 Å². The van der Waals surface area contributed by atoms with Gasteiger partial charge >= 0.3 is 11.9 Å². The Kier molecular flexibility index (Phi) is 9.55. The molecule has 2 N–H and O–H groups in total. The van der Waals surface area contributed by atoms with E-state index in [1.165, 1.54) is 14.2 Å². The Labute approximate surface area is 228 Å². The van der Waals surface area contributed by atoms with Gasteiger partial charge in [-0.3, -0.25) is 0 Å². The predicted molar refractivity (Wildman–Crippen MR) is 146 cm³/mol. The second-order valence-electron chi connectivity index (χ2n) is 7.96. The zero-order chi connectivity index (χ0) is 28.0. The largest absolute Gasteiger partial charge is 0.466 e. The maximum atomic E-state index is 11.4. The molecule has 4 rings (SSSR count). The van der Waals surface area contributed by atoms with E-state index in [4.69, 9.17) is 23.2 Å². The molecule has 196 valence electrons. The third-order valence-corrected chi connectivity index (χ3v) is 6.16. The molecule has 0 amide bonds. The molecule has 0 aliphatic rings. The van der Waals surface area contributed by atoms with Crippen LogP contribution in [0, 0.1) is 0 Å². The molecular formula is C28H24Cl2N2O6. The second-order valence-corrected chi connectivity index (χ2v) is 8.68. The molecule has 0 bridgehead atoms. The van der Waals surface area contributed by atoms with Crippen LogP contribution in [0.25, 0.3) is 21.8 Å². The number of carbonyl (C=O) groups excluding carboxylic acids is 2. The highest BCUT2D eigenvalue weighted by Gasteiger charge is 2.23. The van der Waals surface area contributed by atoms with Gasteiger partial charge in [-0.15, -0.1) is 0 Å². The van der Waals surface area contributed by atoms with E-state index in [-0.39, 0.29) is 21.5 Å². The van der Waals surface area contributed by atoms with Gasteiger partial charge in [0.1, 0.15) is 22.5 Å². The fourth-order valence-electron chi connectivity index (χ4n) is 3.46. The highest BCUT2D eigenvalue weighted by molar-refractivity contribution is 6.31. The molecule has 0 unspecified atom stereocenters. The van der Waals surface area contributed by atoms with Gasteiger partial charge in [-0.2, -0.15) is 0 Å². The maximum absolute atomic E-state index is 11.4. The van der Waals surface area contributed by atoms with Gasteiger partial charge in [0.15, 0.2) is 0 Å². The molecule has 0 aliphatic heterocycles. The normalized spacial score (nSPS) is 12.2. The van der Waals surface area contributed by atoms with E-state index in [1.807, 2.05) is 48.5 Å². The molecule has 0 saturated carbocycles. The highest BCUT2D eigenvalue weighted by Crippen LogP contribution is 2.31. The molecule has 2 aromatic heterocycles. The van der Waals surface area contributed by atoms with Crippen LogP contribution in [0.3, 0.4) is 0 Å². The van der Waals surface area contributed by atoms with Crippen LogP contribution in [0.2, 0.25) is 10.3 Å². The molecular weight excluding hydrogens is 531 g/mol. The van der Waals surface area contributed by atoms with E-state index in [1.54, 1.807) is 12.1 Å². The van der Waals surface area contributed by atoms with Crippen LogP contribution in [-0.4, -0.2) is 46.3 Å². The van der Waals surface area contributed by atoms with E-state index >= 15 is 0 Å². The first kappa shape index (κ1) is 28.7. The molecule has 8 nitrogen and oxygen atoms in total. The summed E-state index contributed by atoms with van der Waals surface area (Å²) in [5, 5.41) is 22.1. The maximum Gasteiger partial charge on any atom is 0.336 e. The summed E-state index contributed by atoms with van der Waals surface area (Å²) in [6, 6.07) is 18.1. The number of benzene rings is 2. The molecule has 4 aromatic rings. The number of carbonyl (C=O) groups is 2. The van der Waals surface area contributed by atoms with Gasteiger partial charge in [0.2, 0.25) is 0 Å². The van der Waals surface area contributed by atoms with Crippen molar-refractivity contribution in [2.45, 2.75) is 12.2 Å². The summed E-state index contributed by atoms with van der Waals surface area (Å²) in [6.07, 6.45) is -2.48. The fourth-order valence-corrected chi connectivity index (χ4v) is 3.96. The molecule has 0 radical (unpaired) electrons. The lowest BCUT2D eigenvalue weighted by Crippen LogP contribution is -2.12. The molecule has 0 spiro atoms. The average Bonchev–Trinajstić information content (AvgIpc) is 2.94. The van der Waals surface area contributed by atoms with Gasteiger partial charge in [0, 0.05) is 21.9 Å². The Bertz CT molecular complexity index is 1420. The minimum absolute atomic E-state index is 0.0820. The number of ether oxygens (including phenoxy) is 2. The van der Waals surface area contributed by atoms with Crippen molar-refractivity contribution < 1.29 is 29.3 Å². The molecule has 2 atom stereocenters. The minimum atomic E-state index is -1.24. The first-order valence-electron chi connectivity index (χ1n) is 11.1. The van der Waals surface area contributed by atoms with Gasteiger partial charge < -0.3 is 19.7 Å². The summed E-state index contributed by atoms with van der Waals surface area (Å²) in [5.74, 6) is -1.37. The number of hydrogen-bond donors (Lipinski definition) is 2. The van der Waals surface area contributed by atoms with Crippen LogP contribution in [-0.2, 0) is 19.1 Å². The van der Waals surface area contributed by atoms with E-state index in [0.29, 0.717) is 22.2 Å². The second kappa shape index (κ2) is 12.6. The van der Waals surface area contributed by atoms with Crippen molar-refractivity contribution in [2.75, 3.05) is 14.2 Å². The molecule has 0 fully saturated rings. The average molecular weight is 555 g/mol. The molecule has 0 saturated heterocycles. The number of rotatable bonds is 6. The number of aliphatic hydroxyl groups is 2. The third kappa shape index (κ3) is 6.35. The van der Waals surface area contributed by atoms with Crippen molar-refractivity contribution in [3.8, 4) is 0 Å². The lowest BCUT2D eigenvalue weighted by Gasteiger charge is -2.14. The van der Waals surface area contributed by atoms with Crippen LogP contribution in [0.4, 0.5) is 0 Å². The summed E-state index contributed by atoms with van der Waals surface area (Å²) in [4.78, 5) is 31.1. The Morgan fingerprint density at radius 2 is 1.08 bits per heavy atom. The Hall–Kier alpha value is -3.82. The van der Waals surface area contributed by atoms with E-state index in [0.717, 1.165) is 10.8 Å². The first-order valence-corrected chi connectivity index (χ1v) is 11.8. The van der Waals surface area contributed by atoms with E-state index in [9.17, 15) is 19.8 Å². The molecule has 0 aliphatic carbocycles. The Morgan fingerprint density at radius 1 is 0.737 bits per heavy atom. The van der Waals surface area contributed by atoms with E-state index in [2.05, 4.69) is 32.6 Å². The van der Waals surface area contributed by atoms with E-state index < -0.39 is 24.1 Å². The lowest BCUT2D eigenvalue weighted by atomic mass is 10.0. The summed E-state index contributed by atoms with van der Waals surface area (Å²) >= 11 is 12.1. The summed E-state index contributed by atoms with van der Waals surface area (Å²) in [7, 11) is 2.45. The predicted octanol–water partition coefficient (Wildman–Crippen LogP) is 5.30. The molecule has 38 heavy (non-hydrogen) atoms. The number of aromatic nitrogens is 2. The molecule has 10 heteroatoms. The van der Waals surface area contributed by atoms with Crippen LogP contribution in [0.5, 0.6) is 0 Å². The molecule has 2 aromatic carbocycles. The van der Waals surface area contributed by atoms with Gasteiger partial charge in [-0.1, -0.05) is 72.8 Å². The number of fused-ring (bicyclic) bond motifs is 2. The zero-order valence-corrected chi connectivity index (χ0v) is 22.0. The zero-order valence-electron chi connectivity index (χ0n) is 20.5. The molecule has 2 heterocycles. The highest BCUT2D eigenvalue weighted by atomic mass is 35.5. The summed E-state index contributed by atoms with van der Waals surface area (Å²) in [5.41, 5.74) is 1.92. The number of nitrogens with zero attached hydrogens (tertiary/aromatic N) is 2. The first-order chi connectivity index (χ1) is 18.1. The SMILES string of the molecule is C=C(C(=O)OC)[C@@H](O)c1cc2ccccc2nc1Cl.C=C(C(=O)OC)[C@H](O)c1cc2ccccc2nc1Cl. The smallest absolute Gasteiger partial charge is 0.336 e. The Morgan fingerprint density at radius 3 is 1.42 bits per heavy atom. The number of aliphatic hydroxyl groups excluding tert-OH is 2. The van der Waals surface area contributed by atoms with Crippen molar-refractivity contribution in [3.63, 3.8) is 0 Å². The topological polar surface area (TPSA) is 119 Å². The van der Waals surface area contributed by atoms with Crippen molar-refractivity contribution in [2.24, 2.45) is 0 Å². The monoisotopic (exact) mass is 554 g/mol. The van der Waals surface area contributed by atoms with Crippen molar-refractivity contribution >= 4 is 56.9 Å². The fraction of sp³-hybridized carbons (Fsp3) is 0.143. The summed E-state index contributed by atoms with van der Waals surface area (Å²) < 4.78 is 9.04. The number of para-hydroxylation sites is 2. The van der Waals surface area contributed by atoms with Crippen LogP contribution in [0.1, 0.15) is 23.3 Å². The van der Waals surface area contributed by atoms with Crippen LogP contribution in [0.15, 0.2) is 85.0 Å². The van der Waals surface area contributed by atoms with Gasteiger partial charge in [0.25, 0.3) is 0 Å². The number of pyridine rings is 2.